The highest BCUT2D eigenvalue weighted by Gasteiger charge is 2.28. The van der Waals surface area contributed by atoms with E-state index in [9.17, 15) is 9.67 Å². The van der Waals surface area contributed by atoms with Gasteiger partial charge in [-0.25, -0.2) is 4.98 Å². The standard InChI is InChI=1S/C34H38BrN8O3P/c1-42-19-22(16-38-42)25-14-28(31(46-23-8-9-23)15-30(25)43-12-10-21(20-44)11-13-43)40-34-37-17-26(35)33(41-34)39-29-18-36-27-7-5-4-6-24(27)32(29)47(2,3)45/h4-7,14-19,21,23,44H,8-13,20H2,1-3H3,(H2,37,39,40,41). The number of piperidine rings is 1. The molecule has 11 nitrogen and oxygen atoms in total. The molecule has 0 spiro atoms. The lowest BCUT2D eigenvalue weighted by atomic mass is 9.96. The van der Waals surface area contributed by atoms with Crippen LogP contribution in [0, 0.1) is 5.92 Å². The molecule has 0 atom stereocenters. The van der Waals surface area contributed by atoms with E-state index in [4.69, 9.17) is 9.72 Å². The second-order valence-electron chi connectivity index (χ2n) is 12.7. The second kappa shape index (κ2) is 12.9. The Bertz CT molecular complexity index is 1980. The fraction of sp³-hybridized carbons (Fsp3) is 0.353. The molecule has 1 saturated carbocycles. The molecule has 244 valence electrons. The van der Waals surface area contributed by atoms with Crippen LogP contribution < -0.4 is 25.6 Å². The van der Waals surface area contributed by atoms with Crippen molar-refractivity contribution in [1.29, 1.82) is 0 Å². The lowest BCUT2D eigenvalue weighted by Crippen LogP contribution is -2.35. The lowest BCUT2D eigenvalue weighted by molar-refractivity contribution is 0.203. The third-order valence-corrected chi connectivity index (χ3v) is 10.8. The number of aliphatic hydroxyl groups excluding tert-OH is 1. The average molecular weight is 718 g/mol. The summed E-state index contributed by atoms with van der Waals surface area (Å²) < 4.78 is 22.5. The Morgan fingerprint density at radius 3 is 2.51 bits per heavy atom. The predicted octanol–water partition coefficient (Wildman–Crippen LogP) is 6.67. The van der Waals surface area contributed by atoms with E-state index in [1.807, 2.05) is 43.7 Å². The molecule has 4 heterocycles. The Kier molecular flexibility index (Phi) is 8.67. The molecule has 2 aromatic carbocycles. The van der Waals surface area contributed by atoms with E-state index in [-0.39, 0.29) is 12.7 Å². The van der Waals surface area contributed by atoms with Crippen molar-refractivity contribution in [3.8, 4) is 16.9 Å². The van der Waals surface area contributed by atoms with Crippen LogP contribution in [0.25, 0.3) is 22.0 Å². The van der Waals surface area contributed by atoms with Gasteiger partial charge in [-0.15, -0.1) is 0 Å². The van der Waals surface area contributed by atoms with Crippen molar-refractivity contribution < 1.29 is 14.4 Å². The summed E-state index contributed by atoms with van der Waals surface area (Å²) in [6.45, 7) is 5.46. The molecular formula is C34H38BrN8O3P. The number of ether oxygens (including phenoxy) is 1. The number of fused-ring (bicyclic) bond motifs is 1. The molecule has 0 amide bonds. The molecule has 2 fully saturated rings. The maximum absolute atomic E-state index is 13.5. The van der Waals surface area contributed by atoms with E-state index in [0.717, 1.165) is 83.2 Å². The summed E-state index contributed by atoms with van der Waals surface area (Å²) in [5.41, 5.74) is 5.26. The fourth-order valence-corrected chi connectivity index (χ4v) is 7.85. The molecule has 1 aliphatic carbocycles. The van der Waals surface area contributed by atoms with Crippen molar-refractivity contribution in [1.82, 2.24) is 24.7 Å². The molecule has 2 aliphatic rings. The Labute approximate surface area is 282 Å². The monoisotopic (exact) mass is 716 g/mol. The van der Waals surface area contributed by atoms with Gasteiger partial charge in [0, 0.05) is 72.7 Å². The number of hydrogen-bond donors (Lipinski definition) is 3. The average Bonchev–Trinajstić information content (AvgIpc) is 3.78. The number of halogens is 1. The zero-order valence-corrected chi connectivity index (χ0v) is 29.1. The third kappa shape index (κ3) is 6.86. The van der Waals surface area contributed by atoms with Crippen LogP contribution in [-0.2, 0) is 11.6 Å². The van der Waals surface area contributed by atoms with Crippen LogP contribution in [0.1, 0.15) is 25.7 Å². The Balaban J connectivity index is 1.26. The van der Waals surface area contributed by atoms with Crippen LogP contribution in [-0.4, -0.2) is 69.0 Å². The van der Waals surface area contributed by atoms with Crippen molar-refractivity contribution in [3.63, 3.8) is 0 Å². The maximum atomic E-state index is 13.5. The number of aryl methyl sites for hydroxylation is 1. The van der Waals surface area contributed by atoms with E-state index < -0.39 is 7.14 Å². The summed E-state index contributed by atoms with van der Waals surface area (Å²) in [5.74, 6) is 1.95. The molecule has 0 radical (unpaired) electrons. The van der Waals surface area contributed by atoms with Gasteiger partial charge < -0.3 is 29.9 Å². The summed E-state index contributed by atoms with van der Waals surface area (Å²) in [4.78, 5) is 16.4. The van der Waals surface area contributed by atoms with Gasteiger partial charge in [-0.2, -0.15) is 10.1 Å². The number of para-hydroxylation sites is 1. The number of anilines is 5. The fourth-order valence-electron chi connectivity index (χ4n) is 6.10. The van der Waals surface area contributed by atoms with Gasteiger partial charge in [0.1, 0.15) is 18.7 Å². The number of aromatic nitrogens is 5. The van der Waals surface area contributed by atoms with Gasteiger partial charge in [-0.1, -0.05) is 18.2 Å². The van der Waals surface area contributed by atoms with Crippen LogP contribution in [0.2, 0.25) is 0 Å². The van der Waals surface area contributed by atoms with Crippen LogP contribution in [0.15, 0.2) is 65.7 Å². The number of nitrogens with one attached hydrogen (secondary N) is 2. The largest absolute Gasteiger partial charge is 0.488 e. The third-order valence-electron chi connectivity index (χ3n) is 8.67. The van der Waals surface area contributed by atoms with Gasteiger partial charge in [0.25, 0.3) is 0 Å². The van der Waals surface area contributed by atoms with E-state index >= 15 is 0 Å². The van der Waals surface area contributed by atoms with Gasteiger partial charge in [0.2, 0.25) is 5.95 Å². The highest BCUT2D eigenvalue weighted by atomic mass is 79.9. The molecule has 3 N–H and O–H groups in total. The van der Waals surface area contributed by atoms with E-state index in [2.05, 4.69) is 58.7 Å². The zero-order chi connectivity index (χ0) is 32.7. The molecule has 47 heavy (non-hydrogen) atoms. The Morgan fingerprint density at radius 1 is 1.02 bits per heavy atom. The van der Waals surface area contributed by atoms with Crippen LogP contribution in [0.3, 0.4) is 0 Å². The SMILES string of the molecule is Cn1cc(-c2cc(Nc3ncc(Br)c(Nc4cnc5ccccc5c4P(C)(C)=O)n3)c(OC3CC3)cc2N2CCC(CO)CC2)cn1. The quantitative estimate of drug-likeness (QED) is 0.135. The number of hydrogen-bond acceptors (Lipinski definition) is 10. The minimum atomic E-state index is -2.71. The van der Waals surface area contributed by atoms with Crippen molar-refractivity contribution >= 4 is 68.1 Å². The Hall–Kier alpha value is -3.99. The van der Waals surface area contributed by atoms with Crippen molar-refractivity contribution in [2.75, 3.05) is 48.6 Å². The predicted molar refractivity (Wildman–Crippen MR) is 191 cm³/mol. The highest BCUT2D eigenvalue weighted by Crippen LogP contribution is 2.44. The minimum absolute atomic E-state index is 0.174. The summed E-state index contributed by atoms with van der Waals surface area (Å²) in [7, 11) is -0.793. The second-order valence-corrected chi connectivity index (χ2v) is 16.7. The van der Waals surface area contributed by atoms with Gasteiger partial charge in [-0.3, -0.25) is 9.67 Å². The number of nitrogens with zero attached hydrogens (tertiary/aromatic N) is 6. The molecule has 1 aliphatic heterocycles. The highest BCUT2D eigenvalue weighted by molar-refractivity contribution is 9.10. The van der Waals surface area contributed by atoms with E-state index in [1.54, 1.807) is 30.4 Å². The molecule has 1 saturated heterocycles. The molecule has 5 aromatic rings. The van der Waals surface area contributed by atoms with Crippen molar-refractivity contribution in [2.24, 2.45) is 13.0 Å². The normalized spacial score (nSPS) is 15.6. The summed E-state index contributed by atoms with van der Waals surface area (Å²) in [6.07, 6.45) is 11.4. The molecule has 13 heteroatoms. The molecule has 7 rings (SSSR count). The molecule has 3 aromatic heterocycles. The summed E-state index contributed by atoms with van der Waals surface area (Å²) >= 11 is 3.60. The minimum Gasteiger partial charge on any atom is -0.488 e. The topological polar surface area (TPSA) is 130 Å². The first-order valence-electron chi connectivity index (χ1n) is 15.9. The molecule has 0 bridgehead atoms. The van der Waals surface area contributed by atoms with Crippen LogP contribution in [0.4, 0.5) is 28.8 Å². The van der Waals surface area contributed by atoms with Crippen molar-refractivity contribution in [3.05, 3.63) is 65.7 Å². The van der Waals surface area contributed by atoms with Gasteiger partial charge >= 0.3 is 0 Å². The van der Waals surface area contributed by atoms with Gasteiger partial charge in [0.05, 0.1) is 39.9 Å². The lowest BCUT2D eigenvalue weighted by Gasteiger charge is -2.34. The van der Waals surface area contributed by atoms with Crippen LogP contribution in [0.5, 0.6) is 5.75 Å². The molecule has 0 unspecified atom stereocenters. The summed E-state index contributed by atoms with van der Waals surface area (Å²) in [6, 6.07) is 11.9. The number of rotatable bonds is 10. The first kappa shape index (κ1) is 31.6. The number of benzene rings is 2. The van der Waals surface area contributed by atoms with Crippen LogP contribution >= 0.6 is 23.1 Å². The van der Waals surface area contributed by atoms with E-state index in [0.29, 0.717) is 27.8 Å². The summed E-state index contributed by atoms with van der Waals surface area (Å²) in [5, 5.41) is 22.6. The van der Waals surface area contributed by atoms with Gasteiger partial charge in [0.15, 0.2) is 0 Å². The first-order valence-corrected chi connectivity index (χ1v) is 19.2. The maximum Gasteiger partial charge on any atom is 0.229 e. The Morgan fingerprint density at radius 2 is 1.81 bits per heavy atom. The number of pyridine rings is 1. The van der Waals surface area contributed by atoms with Gasteiger partial charge in [-0.05, 0) is 73.0 Å². The smallest absolute Gasteiger partial charge is 0.229 e. The molecular weight excluding hydrogens is 679 g/mol. The zero-order valence-electron chi connectivity index (χ0n) is 26.7. The first-order chi connectivity index (χ1) is 22.7. The van der Waals surface area contributed by atoms with Crippen molar-refractivity contribution in [2.45, 2.75) is 31.8 Å². The van der Waals surface area contributed by atoms with E-state index in [1.165, 1.54) is 0 Å². The number of aliphatic hydroxyl groups is 1.